The van der Waals surface area contributed by atoms with Crippen molar-refractivity contribution in [2.75, 3.05) is 12.0 Å². The molecule has 1 heterocycles. The minimum Gasteiger partial charge on any atom is -0.504 e. The summed E-state index contributed by atoms with van der Waals surface area (Å²) in [5.41, 5.74) is 1.01. The molecule has 0 bridgehead atoms. The van der Waals surface area contributed by atoms with Gasteiger partial charge in [0, 0.05) is 12.1 Å². The number of hydrogen-bond acceptors (Lipinski definition) is 7. The van der Waals surface area contributed by atoms with E-state index in [4.69, 9.17) is 17.0 Å². The number of carbonyl (C=O) groups is 1. The van der Waals surface area contributed by atoms with Crippen molar-refractivity contribution in [2.24, 2.45) is 0 Å². The van der Waals surface area contributed by atoms with Gasteiger partial charge in [0.15, 0.2) is 15.8 Å². The van der Waals surface area contributed by atoms with Gasteiger partial charge in [-0.05, 0) is 35.9 Å². The molecule has 0 saturated carbocycles. The number of nitro benzene ring substituents is 1. The van der Waals surface area contributed by atoms with Gasteiger partial charge in [-0.2, -0.15) is 0 Å². The number of anilines is 1. The first-order valence-electron chi connectivity index (χ1n) is 7.30. The van der Waals surface area contributed by atoms with Crippen LogP contribution in [0.2, 0.25) is 0 Å². The second kappa shape index (κ2) is 7.14. The average Bonchev–Trinajstić information content (AvgIpc) is 2.89. The molecular formula is C17H12N2O5S2. The summed E-state index contributed by atoms with van der Waals surface area (Å²) >= 11 is 6.39. The van der Waals surface area contributed by atoms with Gasteiger partial charge < -0.3 is 9.84 Å². The van der Waals surface area contributed by atoms with E-state index in [0.29, 0.717) is 26.2 Å². The lowest BCUT2D eigenvalue weighted by atomic mass is 10.2. The maximum Gasteiger partial charge on any atom is 0.270 e. The number of carbonyl (C=O) groups excluding carboxylic acids is 1. The number of benzene rings is 2. The lowest BCUT2D eigenvalue weighted by Gasteiger charge is -2.13. The van der Waals surface area contributed by atoms with Crippen LogP contribution in [0.5, 0.6) is 11.5 Å². The lowest BCUT2D eigenvalue weighted by Crippen LogP contribution is -2.27. The summed E-state index contributed by atoms with van der Waals surface area (Å²) in [7, 11) is 1.45. The predicted molar refractivity (Wildman–Crippen MR) is 103 cm³/mol. The Labute approximate surface area is 158 Å². The molecule has 1 amide bonds. The first kappa shape index (κ1) is 17.9. The summed E-state index contributed by atoms with van der Waals surface area (Å²) < 4.78 is 5.32. The number of nitrogens with zero attached hydrogens (tertiary/aromatic N) is 2. The number of nitro groups is 1. The smallest absolute Gasteiger partial charge is 0.270 e. The molecule has 0 radical (unpaired) electrons. The second-order valence-electron chi connectivity index (χ2n) is 5.22. The maximum absolute atomic E-state index is 12.7. The Balaban J connectivity index is 1.88. The molecule has 1 fully saturated rings. The van der Waals surface area contributed by atoms with E-state index in [1.54, 1.807) is 18.2 Å². The van der Waals surface area contributed by atoms with Crippen LogP contribution >= 0.6 is 24.0 Å². The van der Waals surface area contributed by atoms with Crippen molar-refractivity contribution in [1.82, 2.24) is 0 Å². The highest BCUT2D eigenvalue weighted by molar-refractivity contribution is 8.27. The number of amides is 1. The van der Waals surface area contributed by atoms with E-state index in [1.165, 1.54) is 42.3 Å². The molecule has 0 aliphatic carbocycles. The second-order valence-corrected chi connectivity index (χ2v) is 6.90. The van der Waals surface area contributed by atoms with Crippen LogP contribution in [0.3, 0.4) is 0 Å². The van der Waals surface area contributed by atoms with Crippen LogP contribution in [-0.4, -0.2) is 27.4 Å². The van der Waals surface area contributed by atoms with E-state index in [-0.39, 0.29) is 17.3 Å². The van der Waals surface area contributed by atoms with Crippen molar-refractivity contribution in [3.8, 4) is 11.5 Å². The zero-order valence-corrected chi connectivity index (χ0v) is 15.0. The quantitative estimate of drug-likeness (QED) is 0.369. The highest BCUT2D eigenvalue weighted by Crippen LogP contribution is 2.37. The molecule has 132 valence electrons. The summed E-state index contributed by atoms with van der Waals surface area (Å²) in [4.78, 5) is 24.6. The fourth-order valence-electron chi connectivity index (χ4n) is 2.36. The first-order chi connectivity index (χ1) is 12.4. The van der Waals surface area contributed by atoms with Crippen molar-refractivity contribution in [3.63, 3.8) is 0 Å². The summed E-state index contributed by atoms with van der Waals surface area (Å²) in [5, 5.41) is 20.6. The van der Waals surface area contributed by atoms with Gasteiger partial charge in [-0.15, -0.1) is 0 Å². The van der Waals surface area contributed by atoms with E-state index in [9.17, 15) is 20.0 Å². The molecule has 2 aromatic rings. The van der Waals surface area contributed by atoms with E-state index < -0.39 is 4.92 Å². The molecule has 2 aromatic carbocycles. The Hall–Kier alpha value is -2.91. The van der Waals surface area contributed by atoms with Crippen molar-refractivity contribution in [1.29, 1.82) is 0 Å². The molecule has 7 nitrogen and oxygen atoms in total. The highest BCUT2D eigenvalue weighted by Gasteiger charge is 2.33. The van der Waals surface area contributed by atoms with E-state index in [1.807, 2.05) is 0 Å². The summed E-state index contributed by atoms with van der Waals surface area (Å²) in [5.74, 6) is -0.0307. The third-order valence-corrected chi connectivity index (χ3v) is 4.92. The van der Waals surface area contributed by atoms with Crippen LogP contribution in [0.25, 0.3) is 6.08 Å². The molecule has 3 rings (SSSR count). The zero-order chi connectivity index (χ0) is 18.8. The van der Waals surface area contributed by atoms with Crippen LogP contribution in [-0.2, 0) is 4.79 Å². The molecule has 1 N–H and O–H groups in total. The molecule has 9 heteroatoms. The van der Waals surface area contributed by atoms with Gasteiger partial charge in [0.25, 0.3) is 11.6 Å². The number of non-ortho nitro benzene ring substituents is 1. The summed E-state index contributed by atoms with van der Waals surface area (Å²) in [6.07, 6.45) is 1.61. The minimum absolute atomic E-state index is 0.0351. The summed E-state index contributed by atoms with van der Waals surface area (Å²) in [6.45, 7) is 0. The Morgan fingerprint density at radius 3 is 2.54 bits per heavy atom. The first-order valence-corrected chi connectivity index (χ1v) is 8.52. The molecule has 0 aromatic heterocycles. The molecule has 1 aliphatic heterocycles. The molecule has 26 heavy (non-hydrogen) atoms. The number of aromatic hydroxyl groups is 1. The number of thioether (sulfide) groups is 1. The zero-order valence-electron chi connectivity index (χ0n) is 13.4. The normalized spacial score (nSPS) is 15.6. The monoisotopic (exact) mass is 388 g/mol. The SMILES string of the molecule is COc1ccc(/C=C2/SC(=S)N(c3ccc([N+](=O)[O-])cc3)C2=O)cc1O. The Morgan fingerprint density at radius 1 is 1.27 bits per heavy atom. The third kappa shape index (κ3) is 3.39. The van der Waals surface area contributed by atoms with Crippen molar-refractivity contribution in [3.05, 3.63) is 63.0 Å². The van der Waals surface area contributed by atoms with Crippen LogP contribution < -0.4 is 9.64 Å². The molecular weight excluding hydrogens is 376 g/mol. The number of thiocarbonyl (C=S) groups is 1. The Kier molecular flexibility index (Phi) is 4.92. The topological polar surface area (TPSA) is 92.9 Å². The van der Waals surface area contributed by atoms with Gasteiger partial charge in [0.1, 0.15) is 0 Å². The van der Waals surface area contributed by atoms with Gasteiger partial charge in [-0.25, -0.2) is 0 Å². The van der Waals surface area contributed by atoms with Crippen LogP contribution in [0.1, 0.15) is 5.56 Å². The standard InChI is InChI=1S/C17H12N2O5S2/c1-24-14-7-2-10(8-13(14)20)9-15-16(21)18(17(25)26-15)11-3-5-12(6-4-11)19(22)23/h2-9,20H,1H3/b15-9+. The Bertz CT molecular complexity index is 941. The van der Waals surface area contributed by atoms with Gasteiger partial charge in [-0.3, -0.25) is 19.8 Å². The number of phenols is 1. The lowest BCUT2D eigenvalue weighted by molar-refractivity contribution is -0.384. The van der Waals surface area contributed by atoms with E-state index in [2.05, 4.69) is 0 Å². The van der Waals surface area contributed by atoms with Crippen molar-refractivity contribution in [2.45, 2.75) is 0 Å². The molecule has 0 unspecified atom stereocenters. The van der Waals surface area contributed by atoms with Crippen molar-refractivity contribution >= 4 is 51.7 Å². The Morgan fingerprint density at radius 2 is 1.96 bits per heavy atom. The number of ether oxygens (including phenoxy) is 1. The molecule has 1 saturated heterocycles. The van der Waals surface area contributed by atoms with Crippen LogP contribution in [0.4, 0.5) is 11.4 Å². The fourth-order valence-corrected chi connectivity index (χ4v) is 3.66. The minimum atomic E-state index is -0.510. The average molecular weight is 388 g/mol. The number of rotatable bonds is 4. The van der Waals surface area contributed by atoms with Crippen molar-refractivity contribution < 1.29 is 19.6 Å². The van der Waals surface area contributed by atoms with Gasteiger partial charge in [0.2, 0.25) is 0 Å². The highest BCUT2D eigenvalue weighted by atomic mass is 32.2. The van der Waals surface area contributed by atoms with Crippen LogP contribution in [0, 0.1) is 10.1 Å². The van der Waals surface area contributed by atoms with Gasteiger partial charge >= 0.3 is 0 Å². The fraction of sp³-hybridized carbons (Fsp3) is 0.0588. The van der Waals surface area contributed by atoms with Gasteiger partial charge in [-0.1, -0.05) is 30.0 Å². The van der Waals surface area contributed by atoms with Gasteiger partial charge in [0.05, 0.1) is 22.6 Å². The summed E-state index contributed by atoms with van der Waals surface area (Å²) in [6, 6.07) is 10.4. The van der Waals surface area contributed by atoms with E-state index >= 15 is 0 Å². The molecule has 0 spiro atoms. The van der Waals surface area contributed by atoms with Crippen LogP contribution in [0.15, 0.2) is 47.4 Å². The number of phenolic OH excluding ortho intramolecular Hbond substituents is 1. The molecule has 1 aliphatic rings. The number of hydrogen-bond donors (Lipinski definition) is 1. The third-order valence-electron chi connectivity index (χ3n) is 3.61. The maximum atomic E-state index is 12.7. The molecule has 0 atom stereocenters. The largest absolute Gasteiger partial charge is 0.504 e. The predicted octanol–water partition coefficient (Wildman–Crippen LogP) is 3.71. The number of methoxy groups -OCH3 is 1. The van der Waals surface area contributed by atoms with E-state index in [0.717, 1.165) is 11.8 Å².